The summed E-state index contributed by atoms with van der Waals surface area (Å²) in [6.07, 6.45) is 0. The number of allylic oxidation sites excluding steroid dienone is 1. The van der Waals surface area contributed by atoms with Crippen LogP contribution in [0.2, 0.25) is 0 Å². The minimum atomic E-state index is 0.107. The number of hydrogen-bond donors (Lipinski definition) is 0. The van der Waals surface area contributed by atoms with Crippen molar-refractivity contribution in [3.8, 4) is 0 Å². The molecule has 13 heavy (non-hydrogen) atoms. The topological polar surface area (TPSA) is 0 Å². The van der Waals surface area contributed by atoms with Gasteiger partial charge in [-0.2, -0.15) is 0 Å². The van der Waals surface area contributed by atoms with E-state index >= 15 is 0 Å². The summed E-state index contributed by atoms with van der Waals surface area (Å²) >= 11 is 7.25. The van der Waals surface area contributed by atoms with Crippen molar-refractivity contribution < 1.29 is 0 Å². The van der Waals surface area contributed by atoms with Crippen molar-refractivity contribution in [2.24, 2.45) is 0 Å². The summed E-state index contributed by atoms with van der Waals surface area (Å²) in [6.45, 7) is 4.45. The van der Waals surface area contributed by atoms with Gasteiger partial charge in [0.25, 0.3) is 0 Å². The molecule has 1 aromatic rings. The molecule has 0 saturated carbocycles. The van der Waals surface area contributed by atoms with Crippen molar-refractivity contribution in [1.82, 2.24) is 0 Å². The molecule has 0 saturated heterocycles. The van der Waals surface area contributed by atoms with Crippen molar-refractivity contribution >= 4 is 36.3 Å². The molecule has 0 nitrogen and oxygen atoms in total. The van der Waals surface area contributed by atoms with Crippen molar-refractivity contribution in [3.05, 3.63) is 39.9 Å². The van der Waals surface area contributed by atoms with E-state index in [9.17, 15) is 0 Å². The molecular weight excluding hydrogens is 292 g/mol. The van der Waals surface area contributed by atoms with E-state index in [0.717, 1.165) is 0 Å². The predicted molar refractivity (Wildman–Crippen MR) is 64.2 cm³/mol. The van der Waals surface area contributed by atoms with E-state index < -0.39 is 0 Å². The van der Waals surface area contributed by atoms with E-state index in [1.807, 2.05) is 0 Å². The van der Waals surface area contributed by atoms with Crippen molar-refractivity contribution in [2.45, 2.75) is 19.3 Å². The van der Waals surface area contributed by atoms with Gasteiger partial charge in [0, 0.05) is 14.4 Å². The van der Waals surface area contributed by atoms with Crippen LogP contribution in [0.5, 0.6) is 0 Å². The maximum Gasteiger partial charge on any atom is 0.0361 e. The van der Waals surface area contributed by atoms with Crippen molar-refractivity contribution in [2.75, 3.05) is 0 Å². The molecular formula is C11H10Br2. The molecule has 0 N–H and O–H groups in total. The Balaban J connectivity index is 2.74. The number of rotatable bonds is 0. The third kappa shape index (κ3) is 1.23. The second-order valence-corrected chi connectivity index (χ2v) is 5.38. The Bertz CT molecular complexity index is 389. The molecule has 68 valence electrons. The van der Waals surface area contributed by atoms with Gasteiger partial charge >= 0.3 is 0 Å². The Morgan fingerprint density at radius 1 is 1.08 bits per heavy atom. The van der Waals surface area contributed by atoms with Crippen LogP contribution in [0.4, 0.5) is 0 Å². The summed E-state index contributed by atoms with van der Waals surface area (Å²) in [5, 5.41) is 0. The lowest BCUT2D eigenvalue weighted by molar-refractivity contribution is 0.675. The summed E-state index contributed by atoms with van der Waals surface area (Å²) in [5.41, 5.74) is 2.79. The Labute approximate surface area is 95.3 Å². The highest BCUT2D eigenvalue weighted by molar-refractivity contribution is 9.16. The molecule has 0 aromatic heterocycles. The van der Waals surface area contributed by atoms with Crippen LogP contribution in [0.15, 0.2) is 28.7 Å². The molecule has 1 aliphatic carbocycles. The van der Waals surface area contributed by atoms with Crippen molar-refractivity contribution in [3.63, 3.8) is 0 Å². The van der Waals surface area contributed by atoms with Crippen LogP contribution in [-0.4, -0.2) is 0 Å². The third-order valence-electron chi connectivity index (χ3n) is 2.58. The van der Waals surface area contributed by atoms with Gasteiger partial charge in [-0.25, -0.2) is 0 Å². The quantitative estimate of drug-likeness (QED) is 0.665. The van der Waals surface area contributed by atoms with Gasteiger partial charge in [-0.15, -0.1) is 0 Å². The number of benzene rings is 1. The minimum absolute atomic E-state index is 0.107. The molecule has 2 heteroatoms. The third-order valence-corrected chi connectivity index (χ3v) is 5.32. The van der Waals surface area contributed by atoms with Gasteiger partial charge < -0.3 is 0 Å². The van der Waals surface area contributed by atoms with Crippen LogP contribution < -0.4 is 0 Å². The van der Waals surface area contributed by atoms with E-state index in [-0.39, 0.29) is 5.41 Å². The first-order valence-corrected chi connectivity index (χ1v) is 5.79. The lowest BCUT2D eigenvalue weighted by Crippen LogP contribution is -2.13. The fourth-order valence-corrected chi connectivity index (χ4v) is 3.00. The minimum Gasteiger partial charge on any atom is -0.0619 e. The zero-order valence-corrected chi connectivity index (χ0v) is 10.7. The largest absolute Gasteiger partial charge is 0.0619 e. The average molecular weight is 302 g/mol. The Morgan fingerprint density at radius 3 is 2.31 bits per heavy atom. The first-order valence-electron chi connectivity index (χ1n) is 4.21. The Kier molecular flexibility index (Phi) is 2.16. The molecule has 0 spiro atoms. The smallest absolute Gasteiger partial charge is 0.0361 e. The summed E-state index contributed by atoms with van der Waals surface area (Å²) < 4.78 is 2.43. The van der Waals surface area contributed by atoms with E-state index in [1.54, 1.807) is 0 Å². The van der Waals surface area contributed by atoms with E-state index in [0.29, 0.717) is 0 Å². The monoisotopic (exact) mass is 300 g/mol. The lowest BCUT2D eigenvalue weighted by Gasteiger charge is -2.20. The van der Waals surface area contributed by atoms with Crippen molar-refractivity contribution in [1.29, 1.82) is 0 Å². The Hall–Kier alpha value is -0.0800. The van der Waals surface area contributed by atoms with Gasteiger partial charge in [0.1, 0.15) is 0 Å². The molecule has 2 rings (SSSR count). The standard InChI is InChI=1S/C11H10Br2/c1-11(2)8-6-4-3-5-7(8)9(12)10(11)13/h3-6H,1-2H3. The molecule has 1 aliphatic rings. The average Bonchev–Trinajstić information content (AvgIpc) is 2.30. The number of halogens is 2. The molecule has 0 radical (unpaired) electrons. The molecule has 0 amide bonds. The van der Waals surface area contributed by atoms with Crippen LogP contribution in [-0.2, 0) is 5.41 Å². The zero-order chi connectivity index (χ0) is 9.64. The fourth-order valence-electron chi connectivity index (χ4n) is 1.73. The second-order valence-electron chi connectivity index (χ2n) is 3.80. The molecule has 0 fully saturated rings. The second kappa shape index (κ2) is 2.96. The molecule has 0 bridgehead atoms. The normalized spacial score (nSPS) is 19.1. The highest BCUT2D eigenvalue weighted by Gasteiger charge is 2.35. The predicted octanol–water partition coefficient (Wildman–Crippen LogP) is 4.44. The van der Waals surface area contributed by atoms with Gasteiger partial charge in [0.15, 0.2) is 0 Å². The van der Waals surface area contributed by atoms with Gasteiger partial charge in [0.2, 0.25) is 0 Å². The van der Waals surface area contributed by atoms with E-state index in [2.05, 4.69) is 70.0 Å². The van der Waals surface area contributed by atoms with Crippen LogP contribution in [0.3, 0.4) is 0 Å². The summed E-state index contributed by atoms with van der Waals surface area (Å²) in [5.74, 6) is 0. The van der Waals surface area contributed by atoms with Crippen LogP contribution >= 0.6 is 31.9 Å². The van der Waals surface area contributed by atoms with Crippen LogP contribution in [0, 0.1) is 0 Å². The van der Waals surface area contributed by atoms with Gasteiger partial charge in [0.05, 0.1) is 0 Å². The maximum absolute atomic E-state index is 3.64. The maximum atomic E-state index is 3.64. The first-order chi connectivity index (χ1) is 6.05. The molecule has 0 heterocycles. The highest BCUT2D eigenvalue weighted by Crippen LogP contribution is 2.50. The highest BCUT2D eigenvalue weighted by atomic mass is 79.9. The van der Waals surface area contributed by atoms with Crippen LogP contribution in [0.1, 0.15) is 25.0 Å². The van der Waals surface area contributed by atoms with Gasteiger partial charge in [-0.05, 0) is 27.1 Å². The zero-order valence-electron chi connectivity index (χ0n) is 7.57. The van der Waals surface area contributed by atoms with Gasteiger partial charge in [-0.1, -0.05) is 54.0 Å². The molecule has 0 unspecified atom stereocenters. The summed E-state index contributed by atoms with van der Waals surface area (Å²) in [4.78, 5) is 0. The molecule has 0 atom stereocenters. The molecule has 0 aliphatic heterocycles. The SMILES string of the molecule is CC1(C)C(Br)=C(Br)c2ccccc21. The van der Waals surface area contributed by atoms with E-state index in [4.69, 9.17) is 0 Å². The van der Waals surface area contributed by atoms with Crippen LogP contribution in [0.25, 0.3) is 4.48 Å². The fraction of sp³-hybridized carbons (Fsp3) is 0.273. The van der Waals surface area contributed by atoms with E-state index in [1.165, 1.54) is 20.1 Å². The summed E-state index contributed by atoms with van der Waals surface area (Å²) in [6, 6.07) is 8.49. The van der Waals surface area contributed by atoms with Gasteiger partial charge in [-0.3, -0.25) is 0 Å². The summed E-state index contributed by atoms with van der Waals surface area (Å²) in [7, 11) is 0. The molecule has 1 aromatic carbocycles. The Morgan fingerprint density at radius 2 is 1.69 bits per heavy atom. The first kappa shape index (κ1) is 9.47. The number of hydrogen-bond acceptors (Lipinski definition) is 0. The number of fused-ring (bicyclic) bond motifs is 1. The lowest BCUT2D eigenvalue weighted by atomic mass is 9.87.